The fourth-order valence-corrected chi connectivity index (χ4v) is 2.29. The molecule has 1 unspecified atom stereocenters. The van der Waals surface area contributed by atoms with Gasteiger partial charge < -0.3 is 9.64 Å². The van der Waals surface area contributed by atoms with Gasteiger partial charge in [0.1, 0.15) is 12.4 Å². The first kappa shape index (κ1) is 13.1. The van der Waals surface area contributed by atoms with Gasteiger partial charge in [-0.3, -0.25) is 0 Å². The van der Waals surface area contributed by atoms with E-state index < -0.39 is 18.5 Å². The van der Waals surface area contributed by atoms with E-state index in [4.69, 9.17) is 4.74 Å². The number of rotatable bonds is 2. The summed E-state index contributed by atoms with van der Waals surface area (Å²) in [6, 6.07) is 4.26. The van der Waals surface area contributed by atoms with E-state index in [-0.39, 0.29) is 18.3 Å². The van der Waals surface area contributed by atoms with Crippen molar-refractivity contribution in [3.05, 3.63) is 29.6 Å². The van der Waals surface area contributed by atoms with Crippen molar-refractivity contribution in [1.82, 2.24) is 0 Å². The van der Waals surface area contributed by atoms with Crippen molar-refractivity contribution < 1.29 is 22.3 Å². The Labute approximate surface area is 102 Å². The van der Waals surface area contributed by atoms with E-state index in [1.807, 2.05) is 0 Å². The fourth-order valence-electron chi connectivity index (χ4n) is 2.29. The van der Waals surface area contributed by atoms with Crippen molar-refractivity contribution in [2.75, 3.05) is 25.1 Å². The topological polar surface area (TPSA) is 12.5 Å². The number of halogens is 4. The SMILES string of the molecule is COC1CCN(CC(F)(F)F)c2c(F)cccc21. The van der Waals surface area contributed by atoms with Crippen molar-refractivity contribution in [3.8, 4) is 0 Å². The maximum absolute atomic E-state index is 13.7. The molecule has 2 nitrogen and oxygen atoms in total. The molecule has 6 heteroatoms. The number of fused-ring (bicyclic) bond motifs is 1. The Morgan fingerprint density at radius 2 is 2.11 bits per heavy atom. The van der Waals surface area contributed by atoms with Crippen molar-refractivity contribution in [2.24, 2.45) is 0 Å². The normalized spacial score (nSPS) is 19.8. The maximum Gasteiger partial charge on any atom is 0.405 e. The van der Waals surface area contributed by atoms with Gasteiger partial charge in [-0.1, -0.05) is 12.1 Å². The average molecular weight is 263 g/mol. The quantitative estimate of drug-likeness (QED) is 0.759. The first-order chi connectivity index (χ1) is 8.42. The Kier molecular flexibility index (Phi) is 3.47. The minimum Gasteiger partial charge on any atom is -0.377 e. The van der Waals surface area contributed by atoms with E-state index in [0.717, 1.165) is 4.90 Å². The van der Waals surface area contributed by atoms with Crippen LogP contribution < -0.4 is 4.90 Å². The predicted molar refractivity (Wildman–Crippen MR) is 59.0 cm³/mol. The van der Waals surface area contributed by atoms with Crippen LogP contribution in [0.3, 0.4) is 0 Å². The van der Waals surface area contributed by atoms with Gasteiger partial charge in [-0.2, -0.15) is 13.2 Å². The molecule has 0 aromatic heterocycles. The Balaban J connectivity index is 2.38. The van der Waals surface area contributed by atoms with Crippen LogP contribution in [-0.2, 0) is 4.74 Å². The Morgan fingerprint density at radius 1 is 1.39 bits per heavy atom. The molecule has 0 N–H and O–H groups in total. The second-order valence-corrected chi connectivity index (χ2v) is 4.23. The predicted octanol–water partition coefficient (Wildman–Crippen LogP) is 3.29. The smallest absolute Gasteiger partial charge is 0.377 e. The average Bonchev–Trinajstić information content (AvgIpc) is 2.27. The third-order valence-electron chi connectivity index (χ3n) is 3.00. The summed E-state index contributed by atoms with van der Waals surface area (Å²) in [5.41, 5.74) is 0.487. The lowest BCUT2D eigenvalue weighted by molar-refractivity contribution is -0.120. The third-order valence-corrected chi connectivity index (χ3v) is 3.00. The van der Waals surface area contributed by atoms with E-state index in [9.17, 15) is 17.6 Å². The Bertz CT molecular complexity index is 433. The van der Waals surface area contributed by atoms with Gasteiger partial charge in [-0.25, -0.2) is 4.39 Å². The summed E-state index contributed by atoms with van der Waals surface area (Å²) in [4.78, 5) is 1.03. The zero-order valence-corrected chi connectivity index (χ0v) is 9.80. The van der Waals surface area contributed by atoms with Crippen LogP contribution in [0.15, 0.2) is 18.2 Å². The highest BCUT2D eigenvalue weighted by molar-refractivity contribution is 5.57. The molecule has 1 aliphatic rings. The Hall–Kier alpha value is -1.30. The van der Waals surface area contributed by atoms with Gasteiger partial charge in [0.05, 0.1) is 11.8 Å². The van der Waals surface area contributed by atoms with Crippen LogP contribution in [0, 0.1) is 5.82 Å². The second-order valence-electron chi connectivity index (χ2n) is 4.23. The number of benzene rings is 1. The molecule has 1 heterocycles. The molecule has 1 atom stereocenters. The summed E-state index contributed by atoms with van der Waals surface area (Å²) in [6.07, 6.45) is -4.28. The van der Waals surface area contributed by atoms with Crippen LogP contribution in [-0.4, -0.2) is 26.4 Å². The van der Waals surface area contributed by atoms with Gasteiger partial charge in [0.2, 0.25) is 0 Å². The molecular formula is C12H13F4NO. The summed E-state index contributed by atoms with van der Waals surface area (Å²) >= 11 is 0. The highest BCUT2D eigenvalue weighted by Crippen LogP contribution is 2.38. The first-order valence-electron chi connectivity index (χ1n) is 5.55. The standard InChI is InChI=1S/C12H13F4NO/c1-18-10-5-6-17(7-12(14,15)16)11-8(10)3-2-4-9(11)13/h2-4,10H,5-7H2,1H3. The lowest BCUT2D eigenvalue weighted by Gasteiger charge is -2.35. The number of methoxy groups -OCH3 is 1. The molecule has 0 fully saturated rings. The summed E-state index contributed by atoms with van der Waals surface area (Å²) in [6.45, 7) is -1.01. The van der Waals surface area contributed by atoms with Gasteiger partial charge >= 0.3 is 6.18 Å². The van der Waals surface area contributed by atoms with E-state index in [1.165, 1.54) is 19.2 Å². The Morgan fingerprint density at radius 3 is 2.72 bits per heavy atom. The maximum atomic E-state index is 13.7. The van der Waals surface area contributed by atoms with Gasteiger partial charge in [-0.05, 0) is 12.5 Å². The van der Waals surface area contributed by atoms with Crippen LogP contribution in [0.1, 0.15) is 18.1 Å². The minimum atomic E-state index is -4.35. The van der Waals surface area contributed by atoms with Crippen LogP contribution in [0.5, 0.6) is 0 Å². The van der Waals surface area contributed by atoms with Crippen LogP contribution in [0.4, 0.5) is 23.2 Å². The first-order valence-corrected chi connectivity index (χ1v) is 5.55. The highest BCUT2D eigenvalue weighted by Gasteiger charge is 2.36. The number of anilines is 1. The van der Waals surface area contributed by atoms with E-state index in [2.05, 4.69) is 0 Å². The molecule has 1 aliphatic heterocycles. The van der Waals surface area contributed by atoms with Crippen LogP contribution in [0.2, 0.25) is 0 Å². The summed E-state index contributed by atoms with van der Waals surface area (Å²) in [7, 11) is 1.47. The minimum absolute atomic E-state index is 0.00734. The van der Waals surface area contributed by atoms with Gasteiger partial charge in [0.15, 0.2) is 0 Å². The summed E-state index contributed by atoms with van der Waals surface area (Å²) in [5, 5.41) is 0. The lowest BCUT2D eigenvalue weighted by Crippen LogP contribution is -2.39. The molecule has 0 radical (unpaired) electrons. The van der Waals surface area contributed by atoms with Gasteiger partial charge in [0, 0.05) is 19.2 Å². The zero-order chi connectivity index (χ0) is 13.3. The number of ether oxygens (including phenoxy) is 1. The molecular weight excluding hydrogens is 250 g/mol. The molecule has 18 heavy (non-hydrogen) atoms. The fraction of sp³-hybridized carbons (Fsp3) is 0.500. The van der Waals surface area contributed by atoms with Gasteiger partial charge in [0.25, 0.3) is 0 Å². The number of hydrogen-bond donors (Lipinski definition) is 0. The molecule has 0 spiro atoms. The lowest BCUT2D eigenvalue weighted by atomic mass is 9.98. The van der Waals surface area contributed by atoms with Crippen LogP contribution in [0.25, 0.3) is 0 Å². The second kappa shape index (κ2) is 4.76. The van der Waals surface area contributed by atoms with Crippen molar-refractivity contribution in [3.63, 3.8) is 0 Å². The monoisotopic (exact) mass is 263 g/mol. The molecule has 2 rings (SSSR count). The molecule has 0 aliphatic carbocycles. The third kappa shape index (κ3) is 2.58. The van der Waals surface area contributed by atoms with E-state index in [1.54, 1.807) is 6.07 Å². The molecule has 100 valence electrons. The number of nitrogens with zero attached hydrogens (tertiary/aromatic N) is 1. The van der Waals surface area contributed by atoms with Crippen molar-refractivity contribution >= 4 is 5.69 Å². The molecule has 0 saturated carbocycles. The summed E-state index contributed by atoms with van der Waals surface area (Å²) in [5.74, 6) is -0.640. The molecule has 0 bridgehead atoms. The highest BCUT2D eigenvalue weighted by atomic mass is 19.4. The van der Waals surface area contributed by atoms with Crippen molar-refractivity contribution in [1.29, 1.82) is 0 Å². The molecule has 1 aromatic carbocycles. The summed E-state index contributed by atoms with van der Waals surface area (Å²) < 4.78 is 56.3. The molecule has 0 saturated heterocycles. The van der Waals surface area contributed by atoms with Gasteiger partial charge in [-0.15, -0.1) is 0 Å². The van der Waals surface area contributed by atoms with Crippen molar-refractivity contribution in [2.45, 2.75) is 18.7 Å². The van der Waals surface area contributed by atoms with E-state index >= 15 is 0 Å². The van der Waals surface area contributed by atoms with E-state index in [0.29, 0.717) is 12.0 Å². The number of para-hydroxylation sites is 1. The molecule has 1 aromatic rings. The van der Waals surface area contributed by atoms with Crippen LogP contribution >= 0.6 is 0 Å². The zero-order valence-electron chi connectivity index (χ0n) is 9.80. The number of hydrogen-bond acceptors (Lipinski definition) is 2. The molecule has 0 amide bonds. The number of alkyl halides is 3. The largest absolute Gasteiger partial charge is 0.405 e.